The highest BCUT2D eigenvalue weighted by atomic mass is 19.1. The maximum Gasteiger partial charge on any atom is 0.129 e. The molecular weight excluding hydrogens is 282 g/mol. The molecule has 0 aromatic heterocycles. The van der Waals surface area contributed by atoms with Crippen LogP contribution in [-0.2, 0) is 12.8 Å². The molecule has 0 bridgehead atoms. The highest BCUT2D eigenvalue weighted by molar-refractivity contribution is 5.22. The Kier molecular flexibility index (Phi) is 4.96. The van der Waals surface area contributed by atoms with E-state index in [1.54, 1.807) is 7.05 Å². The number of hydrogen-bond acceptors (Lipinski definition) is 1. The van der Waals surface area contributed by atoms with Crippen LogP contribution in [0.25, 0.3) is 0 Å². The molecule has 1 nitrogen and oxygen atoms in total. The zero-order valence-electron chi connectivity index (χ0n) is 11.5. The van der Waals surface area contributed by atoms with Crippen LogP contribution in [0.3, 0.4) is 0 Å². The van der Waals surface area contributed by atoms with Gasteiger partial charge in [-0.25, -0.2) is 17.6 Å². The van der Waals surface area contributed by atoms with Gasteiger partial charge in [-0.2, -0.15) is 0 Å². The number of nitrogens with one attached hydrogen (secondary N) is 1. The molecule has 0 fully saturated rings. The SMILES string of the molecule is CNC(Cc1cc(F)cc(F)c1)Cc1ccc(F)cc1F. The lowest BCUT2D eigenvalue weighted by molar-refractivity contribution is 0.519. The molecule has 2 rings (SSSR count). The standard InChI is InChI=1S/C16H15F4N/c1-21-15(6-10-4-13(18)8-14(19)5-10)7-11-2-3-12(17)9-16(11)20/h2-5,8-9,15,21H,6-7H2,1H3. The van der Waals surface area contributed by atoms with Crippen LogP contribution >= 0.6 is 0 Å². The molecule has 5 heteroatoms. The minimum Gasteiger partial charge on any atom is -0.316 e. The first-order valence-electron chi connectivity index (χ1n) is 6.54. The van der Waals surface area contributed by atoms with Crippen molar-refractivity contribution in [3.63, 3.8) is 0 Å². The van der Waals surface area contributed by atoms with E-state index in [1.807, 2.05) is 0 Å². The van der Waals surface area contributed by atoms with Gasteiger partial charge in [-0.05, 0) is 49.2 Å². The van der Waals surface area contributed by atoms with Gasteiger partial charge < -0.3 is 5.32 Å². The van der Waals surface area contributed by atoms with E-state index in [4.69, 9.17) is 0 Å². The Balaban J connectivity index is 2.12. The van der Waals surface area contributed by atoms with Gasteiger partial charge in [-0.3, -0.25) is 0 Å². The van der Waals surface area contributed by atoms with Crippen molar-refractivity contribution >= 4 is 0 Å². The van der Waals surface area contributed by atoms with E-state index in [9.17, 15) is 17.6 Å². The predicted molar refractivity (Wildman–Crippen MR) is 73.0 cm³/mol. The van der Waals surface area contributed by atoms with Crippen LogP contribution in [0.5, 0.6) is 0 Å². The molecule has 0 amide bonds. The van der Waals surface area contributed by atoms with Gasteiger partial charge in [0.1, 0.15) is 23.3 Å². The summed E-state index contributed by atoms with van der Waals surface area (Å²) in [7, 11) is 1.68. The zero-order valence-corrected chi connectivity index (χ0v) is 11.5. The van der Waals surface area contributed by atoms with Crippen molar-refractivity contribution in [2.75, 3.05) is 7.05 Å². The lowest BCUT2D eigenvalue weighted by Crippen LogP contribution is -2.30. The van der Waals surface area contributed by atoms with Crippen molar-refractivity contribution in [1.29, 1.82) is 0 Å². The second-order valence-electron chi connectivity index (χ2n) is 4.91. The molecule has 1 N–H and O–H groups in total. The number of rotatable bonds is 5. The minimum atomic E-state index is -0.646. The maximum absolute atomic E-state index is 13.6. The third kappa shape index (κ3) is 4.29. The molecule has 2 aromatic carbocycles. The number of likely N-dealkylation sites (N-methyl/N-ethyl adjacent to an activating group) is 1. The Bertz CT molecular complexity index is 607. The predicted octanol–water partition coefficient (Wildman–Crippen LogP) is 3.62. The van der Waals surface area contributed by atoms with Crippen LogP contribution in [0, 0.1) is 23.3 Å². The van der Waals surface area contributed by atoms with Gasteiger partial charge in [0.15, 0.2) is 0 Å². The topological polar surface area (TPSA) is 12.0 Å². The molecule has 1 atom stereocenters. The summed E-state index contributed by atoms with van der Waals surface area (Å²) in [4.78, 5) is 0. The molecule has 0 aliphatic rings. The molecule has 2 aromatic rings. The van der Waals surface area contributed by atoms with Crippen molar-refractivity contribution in [2.24, 2.45) is 0 Å². The van der Waals surface area contributed by atoms with Crippen LogP contribution in [0.15, 0.2) is 36.4 Å². The van der Waals surface area contributed by atoms with E-state index < -0.39 is 23.3 Å². The Morgan fingerprint density at radius 2 is 1.52 bits per heavy atom. The smallest absolute Gasteiger partial charge is 0.129 e. The summed E-state index contributed by atoms with van der Waals surface area (Å²) in [5, 5.41) is 2.97. The summed E-state index contributed by atoms with van der Waals surface area (Å²) in [6.45, 7) is 0. The Morgan fingerprint density at radius 3 is 2.10 bits per heavy atom. The fraction of sp³-hybridized carbons (Fsp3) is 0.250. The van der Waals surface area contributed by atoms with Crippen molar-refractivity contribution in [3.8, 4) is 0 Å². The molecule has 1 unspecified atom stereocenters. The molecule has 0 aliphatic heterocycles. The van der Waals surface area contributed by atoms with E-state index in [-0.39, 0.29) is 6.04 Å². The van der Waals surface area contributed by atoms with Gasteiger partial charge in [0.2, 0.25) is 0 Å². The fourth-order valence-electron chi connectivity index (χ4n) is 2.24. The van der Waals surface area contributed by atoms with E-state index in [2.05, 4.69) is 5.32 Å². The van der Waals surface area contributed by atoms with Crippen LogP contribution < -0.4 is 5.32 Å². The second kappa shape index (κ2) is 6.72. The van der Waals surface area contributed by atoms with Crippen molar-refractivity contribution in [3.05, 3.63) is 70.8 Å². The van der Waals surface area contributed by atoms with Crippen LogP contribution in [0.2, 0.25) is 0 Å². The molecule has 112 valence electrons. The largest absolute Gasteiger partial charge is 0.316 e. The molecule has 0 saturated carbocycles. The molecule has 0 heterocycles. The third-order valence-electron chi connectivity index (χ3n) is 3.29. The zero-order chi connectivity index (χ0) is 15.4. The van der Waals surface area contributed by atoms with Crippen LogP contribution in [-0.4, -0.2) is 13.1 Å². The second-order valence-corrected chi connectivity index (χ2v) is 4.91. The monoisotopic (exact) mass is 297 g/mol. The van der Waals surface area contributed by atoms with Gasteiger partial charge in [0.25, 0.3) is 0 Å². The molecule has 0 radical (unpaired) electrons. The quantitative estimate of drug-likeness (QED) is 0.831. The van der Waals surface area contributed by atoms with Crippen molar-refractivity contribution in [1.82, 2.24) is 5.32 Å². The van der Waals surface area contributed by atoms with Gasteiger partial charge in [0.05, 0.1) is 0 Å². The number of halogens is 4. The summed E-state index contributed by atoms with van der Waals surface area (Å²) in [6, 6.07) is 6.46. The van der Waals surface area contributed by atoms with E-state index in [1.165, 1.54) is 24.3 Å². The van der Waals surface area contributed by atoms with E-state index in [0.29, 0.717) is 24.0 Å². The van der Waals surface area contributed by atoms with E-state index in [0.717, 1.165) is 12.1 Å². The Morgan fingerprint density at radius 1 is 0.857 bits per heavy atom. The molecule has 0 spiro atoms. The Hall–Kier alpha value is -1.88. The van der Waals surface area contributed by atoms with Crippen molar-refractivity contribution in [2.45, 2.75) is 18.9 Å². The minimum absolute atomic E-state index is 0.217. The highest BCUT2D eigenvalue weighted by Crippen LogP contribution is 2.15. The summed E-state index contributed by atoms with van der Waals surface area (Å²) in [6.07, 6.45) is 0.628. The lowest BCUT2D eigenvalue weighted by atomic mass is 9.98. The first-order chi connectivity index (χ1) is 9.97. The summed E-state index contributed by atoms with van der Waals surface area (Å²) in [5.74, 6) is -2.55. The number of hydrogen-bond donors (Lipinski definition) is 1. The summed E-state index contributed by atoms with van der Waals surface area (Å²) < 4.78 is 52.8. The maximum atomic E-state index is 13.6. The van der Waals surface area contributed by atoms with Gasteiger partial charge >= 0.3 is 0 Å². The summed E-state index contributed by atoms with van der Waals surface area (Å²) >= 11 is 0. The lowest BCUT2D eigenvalue weighted by Gasteiger charge is -2.17. The van der Waals surface area contributed by atoms with Crippen LogP contribution in [0.1, 0.15) is 11.1 Å². The fourth-order valence-corrected chi connectivity index (χ4v) is 2.24. The highest BCUT2D eigenvalue weighted by Gasteiger charge is 2.13. The van der Waals surface area contributed by atoms with Gasteiger partial charge in [-0.15, -0.1) is 0 Å². The Labute approximate surface area is 120 Å². The van der Waals surface area contributed by atoms with Gasteiger partial charge in [0, 0.05) is 18.2 Å². The number of benzene rings is 2. The van der Waals surface area contributed by atoms with Crippen molar-refractivity contribution < 1.29 is 17.6 Å². The molecule has 0 saturated heterocycles. The van der Waals surface area contributed by atoms with Crippen LogP contribution in [0.4, 0.5) is 17.6 Å². The molecular formula is C16H15F4N. The first-order valence-corrected chi connectivity index (χ1v) is 6.54. The average Bonchev–Trinajstić information content (AvgIpc) is 2.39. The summed E-state index contributed by atoms with van der Waals surface area (Å²) in [5.41, 5.74) is 0.835. The normalized spacial score (nSPS) is 12.4. The third-order valence-corrected chi connectivity index (χ3v) is 3.29. The molecule has 21 heavy (non-hydrogen) atoms. The first kappa shape index (κ1) is 15.5. The average molecular weight is 297 g/mol. The van der Waals surface area contributed by atoms with Gasteiger partial charge in [-0.1, -0.05) is 6.07 Å². The molecule has 0 aliphatic carbocycles. The van der Waals surface area contributed by atoms with E-state index >= 15 is 0 Å².